The van der Waals surface area contributed by atoms with Gasteiger partial charge in [-0.2, -0.15) is 0 Å². The van der Waals surface area contributed by atoms with Crippen LogP contribution in [0, 0.1) is 24.7 Å². The van der Waals surface area contributed by atoms with E-state index >= 15 is 0 Å². The van der Waals surface area contributed by atoms with Gasteiger partial charge in [0, 0.05) is 19.1 Å². The number of hydrogen-bond donors (Lipinski definition) is 2. The van der Waals surface area contributed by atoms with E-state index in [1.807, 2.05) is 18.7 Å². The number of carboxylic acids is 1. The number of carboxylic acid groups (broad SMARTS) is 1. The molecule has 2 N–H and O–H groups in total. The van der Waals surface area contributed by atoms with E-state index in [1.54, 1.807) is 0 Å². The topological polar surface area (TPSA) is 78.9 Å². The van der Waals surface area contributed by atoms with Crippen LogP contribution in [0.5, 0.6) is 0 Å². The summed E-state index contributed by atoms with van der Waals surface area (Å²) in [6, 6.07) is 8.70. The van der Waals surface area contributed by atoms with Gasteiger partial charge in [-0.1, -0.05) is 75.8 Å². The fourth-order valence-corrected chi connectivity index (χ4v) is 5.82. The number of amides is 2. The van der Waals surface area contributed by atoms with Crippen LogP contribution in [0.4, 0.5) is 4.79 Å². The zero-order valence-electron chi connectivity index (χ0n) is 22.7. The van der Waals surface area contributed by atoms with Crippen LogP contribution in [-0.2, 0) is 16.1 Å². The van der Waals surface area contributed by atoms with Gasteiger partial charge in [0.05, 0.1) is 18.6 Å². The Bertz CT molecular complexity index is 804. The Morgan fingerprint density at radius 2 is 1.78 bits per heavy atom. The summed E-state index contributed by atoms with van der Waals surface area (Å²) in [7, 11) is 0. The lowest BCUT2D eigenvalue weighted by atomic mass is 9.81. The summed E-state index contributed by atoms with van der Waals surface area (Å²) in [5.74, 6) is -0.238. The Balaban J connectivity index is 1.50. The summed E-state index contributed by atoms with van der Waals surface area (Å²) in [4.78, 5) is 26.6. The van der Waals surface area contributed by atoms with Crippen LogP contribution in [0.15, 0.2) is 24.3 Å². The molecule has 0 aliphatic heterocycles. The summed E-state index contributed by atoms with van der Waals surface area (Å²) < 4.78 is 6.30. The highest BCUT2D eigenvalue weighted by molar-refractivity contribution is 5.74. The SMILES string of the molecule is Cc1ccc(CN(CCOC2CCCC(CCC(C(=O)O)C(C)C)C2)C(=O)NC2CCCCC2)cc1. The first kappa shape index (κ1) is 28.5. The number of hydrogen-bond acceptors (Lipinski definition) is 3. The van der Waals surface area contributed by atoms with Crippen LogP contribution < -0.4 is 5.32 Å². The molecular formula is C30H48N2O4. The van der Waals surface area contributed by atoms with Crippen LogP contribution in [0.2, 0.25) is 0 Å². The highest BCUT2D eigenvalue weighted by Gasteiger charge is 2.27. The number of ether oxygens (including phenoxy) is 1. The van der Waals surface area contributed by atoms with Crippen LogP contribution >= 0.6 is 0 Å². The third-order valence-corrected chi connectivity index (χ3v) is 8.17. The van der Waals surface area contributed by atoms with Gasteiger partial charge < -0.3 is 20.1 Å². The average Bonchev–Trinajstić information content (AvgIpc) is 2.85. The highest BCUT2D eigenvalue weighted by atomic mass is 16.5. The number of carbonyl (C=O) groups excluding carboxylic acids is 1. The van der Waals surface area contributed by atoms with Crippen molar-refractivity contribution in [2.45, 2.75) is 110 Å². The second-order valence-electron chi connectivity index (χ2n) is 11.5. The maximum absolute atomic E-state index is 13.2. The number of carbonyl (C=O) groups is 2. The maximum atomic E-state index is 13.2. The second kappa shape index (κ2) is 14.6. The molecule has 2 amide bonds. The van der Waals surface area contributed by atoms with Crippen molar-refractivity contribution >= 4 is 12.0 Å². The zero-order chi connectivity index (χ0) is 25.9. The van der Waals surface area contributed by atoms with Gasteiger partial charge in [0.1, 0.15) is 0 Å². The lowest BCUT2D eigenvalue weighted by Crippen LogP contribution is -2.46. The predicted octanol–water partition coefficient (Wildman–Crippen LogP) is 6.55. The zero-order valence-corrected chi connectivity index (χ0v) is 22.7. The number of rotatable bonds is 12. The van der Waals surface area contributed by atoms with Crippen LogP contribution in [0.1, 0.15) is 95.6 Å². The van der Waals surface area contributed by atoms with Gasteiger partial charge >= 0.3 is 12.0 Å². The number of nitrogens with zero attached hydrogens (tertiary/aromatic N) is 1. The average molecular weight is 501 g/mol. The monoisotopic (exact) mass is 500 g/mol. The molecule has 3 unspecified atom stereocenters. The first-order valence-electron chi connectivity index (χ1n) is 14.3. The first-order valence-corrected chi connectivity index (χ1v) is 14.3. The van der Waals surface area contributed by atoms with E-state index in [0.29, 0.717) is 25.6 Å². The van der Waals surface area contributed by atoms with E-state index in [0.717, 1.165) is 56.9 Å². The fraction of sp³-hybridized carbons (Fsp3) is 0.733. The number of urea groups is 1. The number of nitrogens with one attached hydrogen (secondary N) is 1. The minimum absolute atomic E-state index is 0.0148. The summed E-state index contributed by atoms with van der Waals surface area (Å²) >= 11 is 0. The quantitative estimate of drug-likeness (QED) is 0.341. The Morgan fingerprint density at radius 1 is 1.06 bits per heavy atom. The molecule has 0 bridgehead atoms. The van der Waals surface area contributed by atoms with Crippen molar-refractivity contribution in [3.63, 3.8) is 0 Å². The minimum Gasteiger partial charge on any atom is -0.481 e. The predicted molar refractivity (Wildman–Crippen MR) is 144 cm³/mol. The van der Waals surface area contributed by atoms with Gasteiger partial charge in [-0.05, 0) is 62.8 Å². The molecule has 2 aliphatic rings. The van der Waals surface area contributed by atoms with E-state index in [-0.39, 0.29) is 30.0 Å². The molecule has 0 saturated heterocycles. The lowest BCUT2D eigenvalue weighted by molar-refractivity contribution is -0.143. The van der Waals surface area contributed by atoms with Crippen molar-refractivity contribution in [1.29, 1.82) is 0 Å². The second-order valence-corrected chi connectivity index (χ2v) is 11.5. The molecule has 2 saturated carbocycles. The molecule has 6 nitrogen and oxygen atoms in total. The summed E-state index contributed by atoms with van der Waals surface area (Å²) in [6.07, 6.45) is 12.0. The van der Waals surface area contributed by atoms with E-state index in [2.05, 4.69) is 36.5 Å². The molecule has 6 heteroatoms. The molecule has 3 atom stereocenters. The molecule has 0 spiro atoms. The molecule has 0 radical (unpaired) electrons. The van der Waals surface area contributed by atoms with E-state index in [9.17, 15) is 14.7 Å². The van der Waals surface area contributed by atoms with Gasteiger partial charge in [-0.25, -0.2) is 4.79 Å². The van der Waals surface area contributed by atoms with Gasteiger partial charge in [-0.15, -0.1) is 0 Å². The van der Waals surface area contributed by atoms with Crippen LogP contribution in [-0.4, -0.2) is 47.3 Å². The molecule has 202 valence electrons. The van der Waals surface area contributed by atoms with Crippen molar-refractivity contribution in [1.82, 2.24) is 10.2 Å². The lowest BCUT2D eigenvalue weighted by Gasteiger charge is -2.32. The third-order valence-electron chi connectivity index (χ3n) is 8.17. The Morgan fingerprint density at radius 3 is 2.44 bits per heavy atom. The van der Waals surface area contributed by atoms with Gasteiger partial charge in [0.15, 0.2) is 0 Å². The Kier molecular flexibility index (Phi) is 11.6. The normalized spacial score (nSPS) is 21.8. The first-order chi connectivity index (χ1) is 17.3. The Hall–Kier alpha value is -2.08. The van der Waals surface area contributed by atoms with Gasteiger partial charge in [-0.3, -0.25) is 4.79 Å². The standard InChI is InChI=1S/C30H48N2O4/c1-22(2)28(29(33)34)17-16-24-8-7-11-27(20-24)36-19-18-32(21-25-14-12-23(3)13-15-25)30(35)31-26-9-5-4-6-10-26/h12-15,22,24,26-28H,4-11,16-21H2,1-3H3,(H,31,35)(H,33,34). The maximum Gasteiger partial charge on any atom is 0.317 e. The van der Waals surface area contributed by atoms with Crippen molar-refractivity contribution in [2.24, 2.45) is 17.8 Å². The number of aliphatic carboxylic acids is 1. The van der Waals surface area contributed by atoms with Crippen molar-refractivity contribution in [3.05, 3.63) is 35.4 Å². The smallest absolute Gasteiger partial charge is 0.317 e. The molecule has 0 heterocycles. The van der Waals surface area contributed by atoms with Crippen molar-refractivity contribution in [3.8, 4) is 0 Å². The Labute approximate surface area is 218 Å². The fourth-order valence-electron chi connectivity index (χ4n) is 5.82. The van der Waals surface area contributed by atoms with E-state index < -0.39 is 5.97 Å². The summed E-state index contributed by atoms with van der Waals surface area (Å²) in [5, 5.41) is 12.8. The molecular weight excluding hydrogens is 452 g/mol. The van der Waals surface area contributed by atoms with E-state index in [4.69, 9.17) is 4.74 Å². The summed E-state index contributed by atoms with van der Waals surface area (Å²) in [5.41, 5.74) is 2.35. The molecule has 1 aromatic rings. The van der Waals surface area contributed by atoms with E-state index in [1.165, 1.54) is 24.8 Å². The van der Waals surface area contributed by atoms with Gasteiger partial charge in [0.2, 0.25) is 0 Å². The summed E-state index contributed by atoms with van der Waals surface area (Å²) in [6.45, 7) is 7.76. The molecule has 0 aromatic heterocycles. The van der Waals surface area contributed by atoms with Crippen molar-refractivity contribution < 1.29 is 19.4 Å². The molecule has 2 aliphatic carbocycles. The third kappa shape index (κ3) is 9.42. The van der Waals surface area contributed by atoms with Crippen LogP contribution in [0.3, 0.4) is 0 Å². The van der Waals surface area contributed by atoms with Crippen LogP contribution in [0.25, 0.3) is 0 Å². The number of aryl methyl sites for hydroxylation is 1. The minimum atomic E-state index is -0.672. The van der Waals surface area contributed by atoms with Gasteiger partial charge in [0.25, 0.3) is 0 Å². The molecule has 2 fully saturated rings. The molecule has 3 rings (SSSR count). The van der Waals surface area contributed by atoms with Crippen molar-refractivity contribution in [2.75, 3.05) is 13.2 Å². The number of benzene rings is 1. The largest absolute Gasteiger partial charge is 0.481 e. The highest BCUT2D eigenvalue weighted by Crippen LogP contribution is 2.32. The molecule has 36 heavy (non-hydrogen) atoms. The molecule has 1 aromatic carbocycles.